The number of hydrogen-bond donors (Lipinski definition) is 0. The first-order valence-electron chi connectivity index (χ1n) is 5.55. The molecule has 2 radical (unpaired) electrons. The molecule has 0 nitrogen and oxygen atoms in total. The van der Waals surface area contributed by atoms with E-state index in [2.05, 4.69) is 26.7 Å². The van der Waals surface area contributed by atoms with E-state index in [4.69, 9.17) is 0 Å². The van der Waals surface area contributed by atoms with Gasteiger partial charge in [0.15, 0.2) is 0 Å². The van der Waals surface area contributed by atoms with Crippen LogP contribution in [0.4, 0.5) is 0 Å². The van der Waals surface area contributed by atoms with E-state index < -0.39 is 0 Å². The third kappa shape index (κ3) is 10.0. The molecule has 0 saturated carbocycles. The summed E-state index contributed by atoms with van der Waals surface area (Å²) in [6, 6.07) is 0. The van der Waals surface area contributed by atoms with E-state index in [0.717, 1.165) is 0 Å². The molecular formula is C12H24. The van der Waals surface area contributed by atoms with Gasteiger partial charge in [-0.1, -0.05) is 65.2 Å². The minimum Gasteiger partial charge on any atom is -0.0654 e. The first-order valence-corrected chi connectivity index (χ1v) is 5.55. The van der Waals surface area contributed by atoms with Gasteiger partial charge in [0.05, 0.1) is 0 Å². The number of hydrogen-bond acceptors (Lipinski definition) is 0. The van der Waals surface area contributed by atoms with Crippen molar-refractivity contribution in [3.8, 4) is 0 Å². The molecule has 12 heavy (non-hydrogen) atoms. The van der Waals surface area contributed by atoms with E-state index in [1.54, 1.807) is 0 Å². The Labute approximate surface area is 78.8 Å². The predicted octanol–water partition coefficient (Wildman–Crippen LogP) is 4.56. The molecule has 0 rings (SSSR count). The molecule has 0 aromatic rings. The summed E-state index contributed by atoms with van der Waals surface area (Å²) in [7, 11) is 0. The fourth-order valence-electron chi connectivity index (χ4n) is 1.25. The fourth-order valence-corrected chi connectivity index (χ4v) is 1.25. The third-order valence-corrected chi connectivity index (χ3v) is 2.07. The molecule has 0 aromatic heterocycles. The van der Waals surface area contributed by atoms with Crippen LogP contribution in [0.5, 0.6) is 0 Å². The first kappa shape index (κ1) is 12.0. The normalized spacial score (nSPS) is 10.5. The van der Waals surface area contributed by atoms with E-state index in [9.17, 15) is 0 Å². The van der Waals surface area contributed by atoms with Gasteiger partial charge in [0.25, 0.3) is 0 Å². The van der Waals surface area contributed by atoms with Crippen LogP contribution in [-0.4, -0.2) is 0 Å². The summed E-state index contributed by atoms with van der Waals surface area (Å²) in [6.07, 6.45) is 15.5. The lowest BCUT2D eigenvalue weighted by Gasteiger charge is -1.99. The van der Waals surface area contributed by atoms with Crippen molar-refractivity contribution >= 4 is 0 Å². The Morgan fingerprint density at radius 3 is 1.83 bits per heavy atom. The quantitative estimate of drug-likeness (QED) is 0.443. The highest BCUT2D eigenvalue weighted by molar-refractivity contribution is 4.68. The van der Waals surface area contributed by atoms with Crippen LogP contribution in [0, 0.1) is 12.8 Å². The van der Waals surface area contributed by atoms with E-state index in [-0.39, 0.29) is 0 Å². The summed E-state index contributed by atoms with van der Waals surface area (Å²) in [5.41, 5.74) is 0. The minimum atomic E-state index is 1.30. The Hall–Kier alpha value is 0. The van der Waals surface area contributed by atoms with Crippen molar-refractivity contribution in [2.75, 3.05) is 0 Å². The molecule has 0 aliphatic rings. The van der Waals surface area contributed by atoms with Crippen molar-refractivity contribution in [1.82, 2.24) is 0 Å². The monoisotopic (exact) mass is 168 g/mol. The van der Waals surface area contributed by atoms with Gasteiger partial charge >= 0.3 is 0 Å². The Morgan fingerprint density at radius 1 is 0.667 bits per heavy atom. The zero-order valence-electron chi connectivity index (χ0n) is 8.81. The molecule has 0 fully saturated rings. The molecule has 0 spiro atoms. The molecule has 0 amide bonds. The minimum absolute atomic E-state index is 1.30. The highest BCUT2D eigenvalue weighted by Crippen LogP contribution is 2.08. The molecule has 0 aromatic carbocycles. The van der Waals surface area contributed by atoms with Crippen LogP contribution >= 0.6 is 0 Å². The maximum Gasteiger partial charge on any atom is -0.0386 e. The van der Waals surface area contributed by atoms with Gasteiger partial charge in [-0.2, -0.15) is 0 Å². The Bertz CT molecular complexity index is 56.4. The van der Waals surface area contributed by atoms with Crippen molar-refractivity contribution in [2.45, 2.75) is 65.2 Å². The summed E-state index contributed by atoms with van der Waals surface area (Å²) < 4.78 is 0. The summed E-state index contributed by atoms with van der Waals surface area (Å²) in [4.78, 5) is 0. The van der Waals surface area contributed by atoms with Crippen LogP contribution in [0.15, 0.2) is 0 Å². The second-order valence-corrected chi connectivity index (χ2v) is 3.44. The lowest BCUT2D eigenvalue weighted by Crippen LogP contribution is -1.81. The Morgan fingerprint density at radius 2 is 1.25 bits per heavy atom. The average molecular weight is 168 g/mol. The van der Waals surface area contributed by atoms with Gasteiger partial charge in [0.2, 0.25) is 0 Å². The van der Waals surface area contributed by atoms with Crippen LogP contribution in [0.25, 0.3) is 0 Å². The smallest absolute Gasteiger partial charge is 0.0386 e. The maximum absolute atomic E-state index is 2.45. The largest absolute Gasteiger partial charge is 0.0654 e. The SMILES string of the molecule is CCC[CH]CCC[CH]CCCC. The van der Waals surface area contributed by atoms with Gasteiger partial charge in [-0.05, 0) is 12.8 Å². The van der Waals surface area contributed by atoms with Gasteiger partial charge < -0.3 is 0 Å². The van der Waals surface area contributed by atoms with Crippen LogP contribution in [0.3, 0.4) is 0 Å². The molecule has 0 N–H and O–H groups in total. The molecule has 72 valence electrons. The molecular weight excluding hydrogens is 144 g/mol. The van der Waals surface area contributed by atoms with Crippen molar-refractivity contribution in [2.24, 2.45) is 0 Å². The summed E-state index contributed by atoms with van der Waals surface area (Å²) in [6.45, 7) is 4.49. The molecule has 0 bridgehead atoms. The molecule has 0 atom stereocenters. The second-order valence-electron chi connectivity index (χ2n) is 3.44. The number of rotatable bonds is 9. The first-order chi connectivity index (χ1) is 5.91. The van der Waals surface area contributed by atoms with Gasteiger partial charge in [-0.15, -0.1) is 0 Å². The van der Waals surface area contributed by atoms with Crippen LogP contribution in [-0.2, 0) is 0 Å². The summed E-state index contributed by atoms with van der Waals surface area (Å²) >= 11 is 0. The third-order valence-electron chi connectivity index (χ3n) is 2.07. The fraction of sp³-hybridized carbons (Fsp3) is 0.833. The number of unbranched alkanes of at least 4 members (excludes halogenated alkanes) is 9. The second kappa shape index (κ2) is 11.0. The lowest BCUT2D eigenvalue weighted by atomic mass is 10.1. The van der Waals surface area contributed by atoms with E-state index >= 15 is 0 Å². The molecule has 0 unspecified atom stereocenters. The van der Waals surface area contributed by atoms with Crippen molar-refractivity contribution in [1.29, 1.82) is 0 Å². The van der Waals surface area contributed by atoms with E-state index in [0.29, 0.717) is 0 Å². The maximum atomic E-state index is 2.45. The van der Waals surface area contributed by atoms with Crippen molar-refractivity contribution in [3.63, 3.8) is 0 Å². The van der Waals surface area contributed by atoms with Gasteiger partial charge in [-0.25, -0.2) is 0 Å². The molecule has 0 aliphatic carbocycles. The Balaban J connectivity index is 2.73. The average Bonchev–Trinajstić information content (AvgIpc) is 2.10. The Kier molecular flexibility index (Phi) is 11.0. The summed E-state index contributed by atoms with van der Waals surface area (Å²) in [5, 5.41) is 0. The molecule has 0 saturated heterocycles. The zero-order chi connectivity index (χ0) is 9.07. The molecule has 0 aliphatic heterocycles. The summed E-state index contributed by atoms with van der Waals surface area (Å²) in [5.74, 6) is 0. The predicted molar refractivity (Wildman–Crippen MR) is 56.9 cm³/mol. The zero-order valence-corrected chi connectivity index (χ0v) is 8.81. The van der Waals surface area contributed by atoms with Gasteiger partial charge in [-0.3, -0.25) is 0 Å². The highest BCUT2D eigenvalue weighted by atomic mass is 14.0. The van der Waals surface area contributed by atoms with Gasteiger partial charge in [0, 0.05) is 0 Å². The standard InChI is InChI=1S/C12H24/c1-3-5-7-9-11-12-10-8-6-4-2/h7,10H,3-6,8-9,11-12H2,1-2H3. The lowest BCUT2D eigenvalue weighted by molar-refractivity contribution is 0.696. The van der Waals surface area contributed by atoms with Crippen LogP contribution in [0.1, 0.15) is 65.2 Å². The van der Waals surface area contributed by atoms with E-state index in [1.807, 2.05) is 0 Å². The molecule has 0 heterocycles. The van der Waals surface area contributed by atoms with Crippen LogP contribution in [0.2, 0.25) is 0 Å². The highest BCUT2D eigenvalue weighted by Gasteiger charge is 1.90. The van der Waals surface area contributed by atoms with Crippen molar-refractivity contribution in [3.05, 3.63) is 12.8 Å². The molecule has 0 heteroatoms. The van der Waals surface area contributed by atoms with Crippen LogP contribution < -0.4 is 0 Å². The van der Waals surface area contributed by atoms with Gasteiger partial charge in [0.1, 0.15) is 0 Å². The van der Waals surface area contributed by atoms with E-state index in [1.165, 1.54) is 51.4 Å². The van der Waals surface area contributed by atoms with Crippen molar-refractivity contribution < 1.29 is 0 Å². The topological polar surface area (TPSA) is 0 Å².